The molecule has 0 spiro atoms. The Morgan fingerprint density at radius 2 is 1.79 bits per heavy atom. The molecule has 3 aliphatic carbocycles. The quantitative estimate of drug-likeness (QED) is 0.315. The van der Waals surface area contributed by atoms with E-state index in [1.165, 1.54) is 6.26 Å². The van der Waals surface area contributed by atoms with E-state index < -0.39 is 56.8 Å². The fourth-order valence-electron chi connectivity index (χ4n) is 8.33. The van der Waals surface area contributed by atoms with Gasteiger partial charge in [-0.05, 0) is 62.0 Å². The lowest BCUT2D eigenvalue weighted by molar-refractivity contribution is -0.178. The number of nitrogens with zero attached hydrogens (tertiary/aromatic N) is 1. The molecule has 230 valence electrons. The maximum absolute atomic E-state index is 14.6. The molecule has 5 rings (SSSR count). The second-order valence-corrected chi connectivity index (χ2v) is 13.2. The van der Waals surface area contributed by atoms with E-state index in [2.05, 4.69) is 4.90 Å². The van der Waals surface area contributed by atoms with Crippen LogP contribution >= 0.6 is 0 Å². The Bertz CT molecular complexity index is 1590. The zero-order valence-corrected chi connectivity index (χ0v) is 25.9. The van der Waals surface area contributed by atoms with E-state index in [0.29, 0.717) is 17.7 Å². The second kappa shape index (κ2) is 10.2. The summed E-state index contributed by atoms with van der Waals surface area (Å²) in [7, 11) is 0. The van der Waals surface area contributed by atoms with Crippen LogP contribution in [0.15, 0.2) is 46.0 Å². The number of aromatic hydroxyl groups is 1. The number of aliphatic hydroxyl groups is 3. The summed E-state index contributed by atoms with van der Waals surface area (Å²) in [6.45, 7) is 13.9. The number of phenols is 1. The monoisotopic (exact) mass is 591 g/mol. The lowest BCUT2D eigenvalue weighted by Crippen LogP contribution is -2.69. The van der Waals surface area contributed by atoms with Gasteiger partial charge in [0.2, 0.25) is 5.78 Å². The molecule has 0 radical (unpaired) electrons. The van der Waals surface area contributed by atoms with Gasteiger partial charge in [-0.25, -0.2) is 0 Å². The minimum atomic E-state index is -2.64. The molecule has 9 nitrogen and oxygen atoms in total. The average molecular weight is 592 g/mol. The van der Waals surface area contributed by atoms with Crippen molar-refractivity contribution in [2.75, 3.05) is 13.1 Å². The molecule has 2 aromatic rings. The molecule has 43 heavy (non-hydrogen) atoms. The van der Waals surface area contributed by atoms with E-state index in [4.69, 9.17) is 4.42 Å². The number of rotatable bonds is 7. The number of benzene rings is 1. The molecule has 1 fully saturated rings. The predicted octanol–water partition coefficient (Wildman–Crippen LogP) is 5.29. The Labute approximate surface area is 251 Å². The number of Topliss-reactive ketones (excluding diaryl/α,β-unsaturated/α-hetero) is 3. The molecule has 1 heterocycles. The maximum Gasteiger partial charge on any atom is 0.203 e. The Morgan fingerprint density at radius 3 is 2.33 bits per heavy atom. The van der Waals surface area contributed by atoms with Crippen molar-refractivity contribution in [3.05, 3.63) is 58.3 Å². The second-order valence-electron chi connectivity index (χ2n) is 13.2. The Balaban J connectivity index is 1.83. The van der Waals surface area contributed by atoms with Crippen LogP contribution in [0.25, 0.3) is 16.9 Å². The SMILES string of the molecule is CCN(CC)Cc1cc(-c2ccoc2)c2c(c1O)C(O)=C1C(=O)[C@@]3(O)C(O)=C(C(C)=O)C(=O)C(C(C)C)[C@@]3(C)C[C@@]1(C)C2. The molecule has 0 aliphatic heterocycles. The van der Waals surface area contributed by atoms with Crippen molar-refractivity contribution in [3.63, 3.8) is 0 Å². The van der Waals surface area contributed by atoms with Gasteiger partial charge in [0, 0.05) is 40.0 Å². The van der Waals surface area contributed by atoms with Crippen LogP contribution in [-0.4, -0.2) is 61.4 Å². The fourth-order valence-corrected chi connectivity index (χ4v) is 8.33. The van der Waals surface area contributed by atoms with E-state index in [-0.39, 0.29) is 35.6 Å². The van der Waals surface area contributed by atoms with Gasteiger partial charge in [0.05, 0.1) is 18.1 Å². The van der Waals surface area contributed by atoms with Gasteiger partial charge in [0.25, 0.3) is 0 Å². The van der Waals surface area contributed by atoms with Crippen LogP contribution in [0.2, 0.25) is 0 Å². The highest BCUT2D eigenvalue weighted by Crippen LogP contribution is 2.65. The van der Waals surface area contributed by atoms with E-state index in [9.17, 15) is 34.8 Å². The highest BCUT2D eigenvalue weighted by Gasteiger charge is 2.72. The number of fused-ring (bicyclic) bond motifs is 3. The normalized spacial score (nSPS) is 28.8. The number of furan rings is 1. The Kier molecular flexibility index (Phi) is 7.30. The third kappa shape index (κ3) is 4.08. The molecule has 1 aromatic heterocycles. The van der Waals surface area contributed by atoms with E-state index >= 15 is 0 Å². The van der Waals surface area contributed by atoms with Crippen LogP contribution in [0, 0.1) is 22.7 Å². The molecule has 0 bridgehead atoms. The number of ketones is 3. The predicted molar refractivity (Wildman–Crippen MR) is 160 cm³/mol. The number of hydrogen-bond acceptors (Lipinski definition) is 9. The largest absolute Gasteiger partial charge is 0.508 e. The maximum atomic E-state index is 14.6. The van der Waals surface area contributed by atoms with E-state index in [1.54, 1.807) is 40.0 Å². The highest BCUT2D eigenvalue weighted by atomic mass is 16.3. The van der Waals surface area contributed by atoms with Crippen LogP contribution in [0.5, 0.6) is 5.75 Å². The van der Waals surface area contributed by atoms with Gasteiger partial charge in [-0.1, -0.05) is 41.5 Å². The standard InChI is InChI=1S/C34H41NO8/c1-8-35(9-2)14-20-12-21(19-10-11-43-15-19)22-13-32(6)16-33(7)25(17(3)4)28(38)23(18(5)36)30(40)34(33,42)31(41)26(32)29(39)24(22)27(20)37/h10-12,15,17,25,37,39-40,42H,8-9,13-14,16H2,1-7H3/t25?,32-,33-,34+/m1/s1. The van der Waals surface area contributed by atoms with Gasteiger partial charge in [0.15, 0.2) is 17.2 Å². The topological polar surface area (TPSA) is 149 Å². The van der Waals surface area contributed by atoms with Crippen molar-refractivity contribution in [2.24, 2.45) is 22.7 Å². The number of phenolic OH excluding ortho intramolecular Hbond substituents is 1. The van der Waals surface area contributed by atoms with Gasteiger partial charge >= 0.3 is 0 Å². The number of allylic oxidation sites excluding steroid dienone is 1. The van der Waals surface area contributed by atoms with Gasteiger partial charge in [-0.15, -0.1) is 0 Å². The van der Waals surface area contributed by atoms with Crippen molar-refractivity contribution >= 4 is 23.1 Å². The molecule has 1 unspecified atom stereocenters. The highest BCUT2D eigenvalue weighted by molar-refractivity contribution is 6.24. The zero-order chi connectivity index (χ0) is 31.8. The Morgan fingerprint density at radius 1 is 1.14 bits per heavy atom. The molecule has 4 N–H and O–H groups in total. The third-order valence-corrected chi connectivity index (χ3v) is 10.2. The van der Waals surface area contributed by atoms with E-state index in [1.807, 2.05) is 19.9 Å². The van der Waals surface area contributed by atoms with Crippen molar-refractivity contribution in [1.29, 1.82) is 0 Å². The lowest BCUT2D eigenvalue weighted by Gasteiger charge is -2.59. The number of aliphatic hydroxyl groups excluding tert-OH is 2. The van der Waals surface area contributed by atoms with Crippen LogP contribution < -0.4 is 0 Å². The van der Waals surface area contributed by atoms with Crippen molar-refractivity contribution < 1.29 is 39.2 Å². The molecule has 1 saturated carbocycles. The Hall–Kier alpha value is -3.69. The van der Waals surface area contributed by atoms with Crippen molar-refractivity contribution in [3.8, 4) is 16.9 Å². The van der Waals surface area contributed by atoms with Crippen LogP contribution in [0.1, 0.15) is 71.6 Å². The number of carbonyl (C=O) groups excluding carboxylic acids is 3. The summed E-state index contributed by atoms with van der Waals surface area (Å²) >= 11 is 0. The minimum Gasteiger partial charge on any atom is -0.508 e. The average Bonchev–Trinajstić information content (AvgIpc) is 3.45. The van der Waals surface area contributed by atoms with Gasteiger partial charge in [0.1, 0.15) is 22.8 Å². The smallest absolute Gasteiger partial charge is 0.203 e. The fraction of sp³-hybridized carbons (Fsp3) is 0.500. The van der Waals surface area contributed by atoms with E-state index in [0.717, 1.165) is 31.1 Å². The zero-order valence-electron chi connectivity index (χ0n) is 25.9. The number of hydrogen-bond donors (Lipinski definition) is 4. The first kappa shape index (κ1) is 30.8. The lowest BCUT2D eigenvalue weighted by atomic mass is 9.43. The summed E-state index contributed by atoms with van der Waals surface area (Å²) in [5, 5.41) is 47.2. The summed E-state index contributed by atoms with van der Waals surface area (Å²) in [4.78, 5) is 43.0. The minimum absolute atomic E-state index is 0.0394. The summed E-state index contributed by atoms with van der Waals surface area (Å²) < 4.78 is 5.39. The summed E-state index contributed by atoms with van der Waals surface area (Å²) in [6.07, 6.45) is 3.36. The third-order valence-electron chi connectivity index (χ3n) is 10.2. The van der Waals surface area contributed by atoms with Crippen LogP contribution in [0.4, 0.5) is 0 Å². The summed E-state index contributed by atoms with van der Waals surface area (Å²) in [5.41, 5.74) is -3.24. The summed E-state index contributed by atoms with van der Waals surface area (Å²) in [5.74, 6) is -5.29. The number of carbonyl (C=O) groups is 3. The van der Waals surface area contributed by atoms with Gasteiger partial charge in [-0.2, -0.15) is 0 Å². The van der Waals surface area contributed by atoms with Crippen molar-refractivity contribution in [1.82, 2.24) is 4.90 Å². The first-order chi connectivity index (χ1) is 20.1. The van der Waals surface area contributed by atoms with Gasteiger partial charge < -0.3 is 24.8 Å². The van der Waals surface area contributed by atoms with Crippen LogP contribution in [-0.2, 0) is 27.3 Å². The molecule has 0 saturated heterocycles. The first-order valence-corrected chi connectivity index (χ1v) is 14.9. The van der Waals surface area contributed by atoms with Gasteiger partial charge in [-0.3, -0.25) is 19.3 Å². The molecule has 3 aliphatic rings. The first-order valence-electron chi connectivity index (χ1n) is 14.9. The molecule has 9 heteroatoms. The molecule has 0 amide bonds. The van der Waals surface area contributed by atoms with Crippen LogP contribution in [0.3, 0.4) is 0 Å². The van der Waals surface area contributed by atoms with Crippen molar-refractivity contribution in [2.45, 2.75) is 73.5 Å². The molecular weight excluding hydrogens is 550 g/mol. The molecule has 4 atom stereocenters. The molecular formula is C34H41NO8. The summed E-state index contributed by atoms with van der Waals surface area (Å²) in [6, 6.07) is 3.68. The molecule has 1 aromatic carbocycles.